The van der Waals surface area contributed by atoms with E-state index in [-0.39, 0.29) is 51.0 Å². The summed E-state index contributed by atoms with van der Waals surface area (Å²) >= 11 is 0. The first-order chi connectivity index (χ1) is 21.3. The SMILES string of the molecule is CC1=C2c3cn(-c4ccccc4)cc3C1[Si]2(C)C.Cc1cc2c(-c3ccc(C45CC6CC(CC(C6)C4)C5)cc3)cccc2[cH-]1.[Cl-].[Cl-].[Zr+3]. The molecule has 0 saturated heterocycles. The molecule has 1 aromatic heterocycles. The number of allylic oxidation sites excluding steroid dienone is 1. The van der Waals surface area contributed by atoms with E-state index in [1.165, 1.54) is 77.2 Å². The maximum atomic E-state index is 2.51. The molecule has 0 N–H and O–H groups in total. The normalized spacial score (nSPS) is 26.7. The molecular weight excluding hydrogens is 709 g/mol. The predicted octanol–water partition coefficient (Wildman–Crippen LogP) is 5.16. The molecule has 1 unspecified atom stereocenters. The van der Waals surface area contributed by atoms with Crippen LogP contribution < -0.4 is 24.8 Å². The van der Waals surface area contributed by atoms with Crippen molar-refractivity contribution >= 4 is 24.0 Å². The number of aryl methyl sites for hydroxylation is 1. The Morgan fingerprint density at radius 2 is 1.38 bits per heavy atom. The minimum Gasteiger partial charge on any atom is -1.00 e. The molecule has 5 aliphatic carbocycles. The quantitative estimate of drug-likeness (QED) is 0.178. The molecule has 6 bridgehead atoms. The smallest absolute Gasteiger partial charge is 1.00 e. The van der Waals surface area contributed by atoms with Gasteiger partial charge in [-0.15, -0.1) is 34.5 Å². The van der Waals surface area contributed by atoms with Gasteiger partial charge < -0.3 is 29.4 Å². The van der Waals surface area contributed by atoms with Crippen molar-refractivity contribution in [1.29, 1.82) is 0 Å². The molecule has 2 aliphatic heterocycles. The zero-order valence-electron chi connectivity index (χ0n) is 28.0. The molecule has 5 aromatic rings. The van der Waals surface area contributed by atoms with E-state index >= 15 is 0 Å². The van der Waals surface area contributed by atoms with Crippen LogP contribution in [-0.4, -0.2) is 12.6 Å². The summed E-state index contributed by atoms with van der Waals surface area (Å²) in [5.74, 6) is 3.05. The number of nitrogens with zero attached hydrogens (tertiary/aromatic N) is 1. The van der Waals surface area contributed by atoms with Crippen molar-refractivity contribution in [2.45, 2.75) is 76.4 Å². The largest absolute Gasteiger partial charge is 3.00 e. The van der Waals surface area contributed by atoms with Crippen LogP contribution in [0, 0.1) is 24.7 Å². The fraction of sp³-hybridized carbons (Fsp3) is 0.357. The van der Waals surface area contributed by atoms with Crippen LogP contribution in [0.25, 0.3) is 32.8 Å². The van der Waals surface area contributed by atoms with Gasteiger partial charge in [-0.3, -0.25) is 0 Å². The summed E-state index contributed by atoms with van der Waals surface area (Å²) in [4.78, 5) is 0. The number of fused-ring (bicyclic) bond motifs is 1. The first-order valence-electron chi connectivity index (χ1n) is 17.0. The van der Waals surface area contributed by atoms with E-state index in [0.717, 1.165) is 23.3 Å². The second kappa shape index (κ2) is 12.7. The molecule has 239 valence electrons. The fourth-order valence-electron chi connectivity index (χ4n) is 11.2. The zero-order chi connectivity index (χ0) is 29.8. The van der Waals surface area contributed by atoms with Gasteiger partial charge in [-0.05, 0) is 103 Å². The topological polar surface area (TPSA) is 4.93 Å². The summed E-state index contributed by atoms with van der Waals surface area (Å²) in [6, 6.07) is 31.7. The van der Waals surface area contributed by atoms with E-state index in [9.17, 15) is 0 Å². The van der Waals surface area contributed by atoms with Gasteiger partial charge in [-0.25, -0.2) is 0 Å². The Morgan fingerprint density at radius 1 is 0.745 bits per heavy atom. The van der Waals surface area contributed by atoms with Gasteiger partial charge in [0.25, 0.3) is 0 Å². The molecule has 0 spiro atoms. The van der Waals surface area contributed by atoms with Crippen molar-refractivity contribution in [1.82, 2.24) is 4.57 Å². The average Bonchev–Trinajstić information content (AvgIpc) is 3.72. The molecule has 12 rings (SSSR count). The molecule has 4 aromatic carbocycles. The number of rotatable bonds is 3. The standard InChI is InChI=1S/C26H27.C16H17NSi.2ClH.Zr/c1-17-9-22-3-2-4-24(25(22)10-17)21-5-7-23(8-6-21)26-14-18-11-19(15-26)13-20(12-18)16-26;1-11-15-13-9-17(12-7-5-4-6-8-12)10-14(13)16(11)18(15,2)3;;;/h2-10,18-20H,11-16H2,1H3;4-10,15H,1-3H3;2*1H;/q-1;;;;+3/p-2. The summed E-state index contributed by atoms with van der Waals surface area (Å²) in [7, 11) is -1.12. The van der Waals surface area contributed by atoms with Crippen molar-refractivity contribution in [2.75, 3.05) is 0 Å². The van der Waals surface area contributed by atoms with E-state index in [2.05, 4.69) is 129 Å². The van der Waals surface area contributed by atoms with Gasteiger partial charge in [-0.2, -0.15) is 6.07 Å². The third-order valence-electron chi connectivity index (χ3n) is 12.4. The summed E-state index contributed by atoms with van der Waals surface area (Å²) in [5.41, 5.74) is 13.1. The van der Waals surface area contributed by atoms with Crippen molar-refractivity contribution < 1.29 is 51.0 Å². The molecule has 5 heteroatoms. The molecule has 3 heterocycles. The third-order valence-corrected chi connectivity index (χ3v) is 16.6. The Bertz CT molecular complexity index is 1910. The van der Waals surface area contributed by atoms with Crippen molar-refractivity contribution in [3.05, 3.63) is 125 Å². The molecular formula is C42H44Cl2NSiZr. The van der Waals surface area contributed by atoms with Crippen molar-refractivity contribution in [2.24, 2.45) is 17.8 Å². The monoisotopic (exact) mass is 750 g/mol. The second-order valence-electron chi connectivity index (χ2n) is 15.7. The fourth-order valence-corrected chi connectivity index (χ4v) is 15.6. The molecule has 1 nitrogen and oxygen atoms in total. The number of hydrogen-bond acceptors (Lipinski definition) is 0. The van der Waals surface area contributed by atoms with E-state index < -0.39 is 8.07 Å². The van der Waals surface area contributed by atoms with Gasteiger partial charge in [0.15, 0.2) is 0 Å². The number of para-hydroxylation sites is 1. The van der Waals surface area contributed by atoms with Crippen LogP contribution in [0.1, 0.15) is 73.2 Å². The van der Waals surface area contributed by atoms with Crippen molar-refractivity contribution in [3.8, 4) is 16.8 Å². The second-order valence-corrected chi connectivity index (χ2v) is 20.2. The van der Waals surface area contributed by atoms with Crippen LogP contribution in [0.5, 0.6) is 0 Å². The molecule has 47 heavy (non-hydrogen) atoms. The van der Waals surface area contributed by atoms with E-state index in [0.29, 0.717) is 5.41 Å². The molecule has 0 amide bonds. The summed E-state index contributed by atoms with van der Waals surface area (Å²) in [6.07, 6.45) is 13.6. The Kier molecular flexibility index (Phi) is 9.40. The first kappa shape index (κ1) is 34.8. The third kappa shape index (κ3) is 5.47. The number of halogens is 2. The maximum Gasteiger partial charge on any atom is 3.00 e. The van der Waals surface area contributed by atoms with Gasteiger partial charge >= 0.3 is 26.2 Å². The Hall–Kier alpha value is -2.03. The summed E-state index contributed by atoms with van der Waals surface area (Å²) < 4.78 is 2.29. The van der Waals surface area contributed by atoms with Gasteiger partial charge in [0, 0.05) is 23.6 Å². The molecule has 7 aliphatic rings. The van der Waals surface area contributed by atoms with E-state index in [4.69, 9.17) is 0 Å². The van der Waals surface area contributed by atoms with Crippen molar-refractivity contribution in [3.63, 3.8) is 0 Å². The van der Waals surface area contributed by atoms with Crippen LogP contribution in [-0.2, 0) is 31.6 Å². The average molecular weight is 753 g/mol. The van der Waals surface area contributed by atoms with E-state index in [1.54, 1.807) is 21.9 Å². The van der Waals surface area contributed by atoms with Crippen LogP contribution in [0.15, 0.2) is 103 Å². The maximum absolute atomic E-state index is 2.51. The minimum absolute atomic E-state index is 0. The Morgan fingerprint density at radius 3 is 1.98 bits per heavy atom. The number of benzene rings is 3. The van der Waals surface area contributed by atoms with Gasteiger partial charge in [0.2, 0.25) is 0 Å². The number of aromatic nitrogens is 1. The van der Waals surface area contributed by atoms with Crippen LogP contribution >= 0.6 is 0 Å². The number of hydrogen-bond donors (Lipinski definition) is 0. The van der Waals surface area contributed by atoms with Crippen LogP contribution in [0.2, 0.25) is 13.1 Å². The van der Waals surface area contributed by atoms with E-state index in [1.807, 2.05) is 0 Å². The molecule has 4 fully saturated rings. The van der Waals surface area contributed by atoms with Crippen LogP contribution in [0.3, 0.4) is 0 Å². The molecule has 1 radical (unpaired) electrons. The zero-order valence-corrected chi connectivity index (χ0v) is 33.0. The first-order valence-corrected chi connectivity index (χ1v) is 20.1. The summed E-state index contributed by atoms with van der Waals surface area (Å²) in [5, 5.41) is 4.48. The Labute approximate surface area is 313 Å². The van der Waals surface area contributed by atoms with Crippen LogP contribution in [0.4, 0.5) is 0 Å². The van der Waals surface area contributed by atoms with Gasteiger partial charge in [0.05, 0.1) is 8.07 Å². The summed E-state index contributed by atoms with van der Waals surface area (Å²) in [6.45, 7) is 9.53. The molecule has 4 saturated carbocycles. The minimum atomic E-state index is -1.12. The molecule has 1 atom stereocenters. The predicted molar refractivity (Wildman–Crippen MR) is 188 cm³/mol. The van der Waals surface area contributed by atoms with Gasteiger partial charge in [0.1, 0.15) is 0 Å². The van der Waals surface area contributed by atoms with Gasteiger partial charge in [-0.1, -0.05) is 84.9 Å². The Balaban J connectivity index is 0.000000163.